The van der Waals surface area contributed by atoms with E-state index in [-0.39, 0.29) is 0 Å². The van der Waals surface area contributed by atoms with Crippen LogP contribution in [0.3, 0.4) is 0 Å². The van der Waals surface area contributed by atoms with Gasteiger partial charge in [-0.05, 0) is 6.42 Å². The Kier molecular flexibility index (Phi) is 9.93. The van der Waals surface area contributed by atoms with E-state index in [1.54, 1.807) is 14.2 Å². The molecule has 1 atom stereocenters. The molecule has 0 aromatic heterocycles. The highest BCUT2D eigenvalue weighted by atomic mass is 32.2. The molecular formula is C10H23NO2S. The van der Waals surface area contributed by atoms with Crippen LogP contribution in [0.1, 0.15) is 20.3 Å². The average Bonchev–Trinajstić information content (AvgIpc) is 2.21. The Morgan fingerprint density at radius 1 is 1.29 bits per heavy atom. The van der Waals surface area contributed by atoms with E-state index in [1.165, 1.54) is 6.42 Å². The molecule has 0 spiro atoms. The van der Waals surface area contributed by atoms with Crippen molar-refractivity contribution in [2.45, 2.75) is 25.5 Å². The fourth-order valence-corrected chi connectivity index (χ4v) is 1.82. The summed E-state index contributed by atoms with van der Waals surface area (Å²) in [6, 6.07) is 0. The van der Waals surface area contributed by atoms with Crippen molar-refractivity contribution in [3.8, 4) is 0 Å². The van der Waals surface area contributed by atoms with Gasteiger partial charge in [0.05, 0.1) is 13.3 Å². The largest absolute Gasteiger partial charge is 0.383 e. The van der Waals surface area contributed by atoms with Gasteiger partial charge in [-0.25, -0.2) is 0 Å². The van der Waals surface area contributed by atoms with E-state index in [0.29, 0.717) is 6.73 Å². The predicted molar refractivity (Wildman–Crippen MR) is 62.7 cm³/mol. The molecule has 0 fully saturated rings. The van der Waals surface area contributed by atoms with Crippen molar-refractivity contribution in [3.63, 3.8) is 0 Å². The first-order valence-electron chi connectivity index (χ1n) is 5.06. The van der Waals surface area contributed by atoms with Gasteiger partial charge in [0.1, 0.15) is 0 Å². The molecule has 0 radical (unpaired) electrons. The van der Waals surface area contributed by atoms with Gasteiger partial charge in [0.2, 0.25) is 0 Å². The number of thioether (sulfide) groups is 1. The van der Waals surface area contributed by atoms with Crippen LogP contribution in [-0.4, -0.2) is 50.1 Å². The van der Waals surface area contributed by atoms with Crippen LogP contribution < -0.4 is 0 Å². The van der Waals surface area contributed by atoms with Crippen LogP contribution >= 0.6 is 11.8 Å². The van der Waals surface area contributed by atoms with Gasteiger partial charge in [-0.3, -0.25) is 4.90 Å². The minimum atomic E-state index is 0.687. The summed E-state index contributed by atoms with van der Waals surface area (Å²) in [6.07, 6.45) is 1.22. The van der Waals surface area contributed by atoms with Crippen LogP contribution in [0.25, 0.3) is 0 Å². The summed E-state index contributed by atoms with van der Waals surface area (Å²) in [5.41, 5.74) is 0. The van der Waals surface area contributed by atoms with Crippen molar-refractivity contribution < 1.29 is 9.47 Å². The average molecular weight is 221 g/mol. The minimum Gasteiger partial charge on any atom is -0.383 e. The molecule has 0 bridgehead atoms. The van der Waals surface area contributed by atoms with Crippen molar-refractivity contribution >= 4 is 11.8 Å². The van der Waals surface area contributed by atoms with Gasteiger partial charge in [-0.15, -0.1) is 11.8 Å². The molecule has 0 saturated heterocycles. The van der Waals surface area contributed by atoms with Gasteiger partial charge >= 0.3 is 0 Å². The maximum Gasteiger partial charge on any atom is 0.0993 e. The third-order valence-electron chi connectivity index (χ3n) is 2.04. The lowest BCUT2D eigenvalue weighted by atomic mass is 10.4. The standard InChI is InChI=1S/C10H23NO2S/c1-5-10(2)14-9-11(8-13-4)6-7-12-3/h10H,5-9H2,1-4H3. The number of rotatable bonds is 9. The molecule has 0 aliphatic heterocycles. The van der Waals surface area contributed by atoms with E-state index >= 15 is 0 Å². The Morgan fingerprint density at radius 3 is 2.50 bits per heavy atom. The fourth-order valence-electron chi connectivity index (χ4n) is 0.920. The smallest absolute Gasteiger partial charge is 0.0993 e. The van der Waals surface area contributed by atoms with Crippen LogP contribution in [0.2, 0.25) is 0 Å². The zero-order chi connectivity index (χ0) is 10.8. The number of hydrogen-bond acceptors (Lipinski definition) is 4. The van der Waals surface area contributed by atoms with Crippen molar-refractivity contribution in [1.29, 1.82) is 0 Å². The number of ether oxygens (including phenoxy) is 2. The van der Waals surface area contributed by atoms with Gasteiger partial charge in [-0.2, -0.15) is 0 Å². The molecule has 14 heavy (non-hydrogen) atoms. The second-order valence-electron chi connectivity index (χ2n) is 3.32. The zero-order valence-electron chi connectivity index (χ0n) is 9.78. The quantitative estimate of drug-likeness (QED) is 0.555. The van der Waals surface area contributed by atoms with Crippen molar-refractivity contribution in [3.05, 3.63) is 0 Å². The first kappa shape index (κ1) is 14.2. The molecule has 0 N–H and O–H groups in total. The van der Waals surface area contributed by atoms with Gasteiger partial charge in [0, 0.05) is 31.9 Å². The molecule has 0 aromatic carbocycles. The molecule has 0 aliphatic rings. The van der Waals surface area contributed by atoms with Crippen LogP contribution in [0.5, 0.6) is 0 Å². The Bertz CT molecular complexity index is 125. The molecule has 0 rings (SSSR count). The monoisotopic (exact) mass is 221 g/mol. The van der Waals surface area contributed by atoms with Crippen molar-refractivity contribution in [2.75, 3.05) is 40.0 Å². The summed E-state index contributed by atoms with van der Waals surface area (Å²) in [5.74, 6) is 1.02. The molecule has 4 heteroatoms. The SMILES string of the molecule is CCC(C)SCN(CCOC)COC. The van der Waals surface area contributed by atoms with Gasteiger partial charge in [0.15, 0.2) is 0 Å². The molecule has 0 heterocycles. The second kappa shape index (κ2) is 9.77. The molecule has 0 amide bonds. The molecule has 86 valence electrons. The highest BCUT2D eigenvalue weighted by molar-refractivity contribution is 7.99. The van der Waals surface area contributed by atoms with Crippen LogP contribution in [0.15, 0.2) is 0 Å². The van der Waals surface area contributed by atoms with E-state index in [2.05, 4.69) is 18.7 Å². The summed E-state index contributed by atoms with van der Waals surface area (Å²) >= 11 is 1.97. The Hall–Kier alpha value is 0.230. The van der Waals surface area contributed by atoms with E-state index in [4.69, 9.17) is 9.47 Å². The molecule has 3 nitrogen and oxygen atoms in total. The Morgan fingerprint density at radius 2 is 2.00 bits per heavy atom. The number of nitrogens with zero attached hydrogens (tertiary/aromatic N) is 1. The topological polar surface area (TPSA) is 21.7 Å². The molecule has 0 aliphatic carbocycles. The maximum absolute atomic E-state index is 5.12. The summed E-state index contributed by atoms with van der Waals surface area (Å²) in [5, 5.41) is 0.719. The second-order valence-corrected chi connectivity index (χ2v) is 4.72. The normalized spacial score (nSPS) is 13.5. The minimum absolute atomic E-state index is 0.687. The highest BCUT2D eigenvalue weighted by Crippen LogP contribution is 2.14. The Balaban J connectivity index is 3.60. The lowest BCUT2D eigenvalue weighted by Crippen LogP contribution is -2.29. The third-order valence-corrected chi connectivity index (χ3v) is 3.46. The molecular weight excluding hydrogens is 198 g/mol. The van der Waals surface area contributed by atoms with Crippen molar-refractivity contribution in [2.24, 2.45) is 0 Å². The number of methoxy groups -OCH3 is 2. The van der Waals surface area contributed by atoms with Gasteiger partial charge < -0.3 is 9.47 Å². The van der Waals surface area contributed by atoms with Gasteiger partial charge in [-0.1, -0.05) is 13.8 Å². The first-order chi connectivity index (χ1) is 6.74. The number of hydrogen-bond donors (Lipinski definition) is 0. The summed E-state index contributed by atoms with van der Waals surface area (Å²) in [6.45, 7) is 6.87. The van der Waals surface area contributed by atoms with Crippen LogP contribution in [-0.2, 0) is 9.47 Å². The Labute approximate surface area is 92.1 Å². The maximum atomic E-state index is 5.12. The zero-order valence-corrected chi connectivity index (χ0v) is 10.6. The van der Waals surface area contributed by atoms with Crippen molar-refractivity contribution in [1.82, 2.24) is 4.90 Å². The summed E-state index contributed by atoms with van der Waals surface area (Å²) in [7, 11) is 3.46. The van der Waals surface area contributed by atoms with Gasteiger partial charge in [0.25, 0.3) is 0 Å². The summed E-state index contributed by atoms with van der Waals surface area (Å²) in [4.78, 5) is 2.25. The van der Waals surface area contributed by atoms with E-state index in [9.17, 15) is 0 Å². The van der Waals surface area contributed by atoms with E-state index < -0.39 is 0 Å². The lowest BCUT2D eigenvalue weighted by Gasteiger charge is -2.21. The van der Waals surface area contributed by atoms with E-state index in [0.717, 1.165) is 24.3 Å². The lowest BCUT2D eigenvalue weighted by molar-refractivity contribution is 0.0570. The third kappa shape index (κ3) is 7.62. The molecule has 1 unspecified atom stereocenters. The first-order valence-corrected chi connectivity index (χ1v) is 6.11. The van der Waals surface area contributed by atoms with E-state index in [1.807, 2.05) is 11.8 Å². The predicted octanol–water partition coefficient (Wildman–Crippen LogP) is 2.03. The van der Waals surface area contributed by atoms with Crippen LogP contribution in [0, 0.1) is 0 Å². The summed E-state index contributed by atoms with van der Waals surface area (Å²) < 4.78 is 10.2. The fraction of sp³-hybridized carbons (Fsp3) is 1.00. The molecule has 0 saturated carbocycles. The highest BCUT2D eigenvalue weighted by Gasteiger charge is 2.06. The van der Waals surface area contributed by atoms with Crippen LogP contribution in [0.4, 0.5) is 0 Å². The molecule has 0 aromatic rings.